The molecule has 5 nitrogen and oxygen atoms in total. The summed E-state index contributed by atoms with van der Waals surface area (Å²) in [6, 6.07) is 12.9. The number of carbonyl (C=O) groups is 1. The van der Waals surface area contributed by atoms with Gasteiger partial charge in [0.25, 0.3) is 5.91 Å². The molecule has 1 saturated heterocycles. The van der Waals surface area contributed by atoms with Gasteiger partial charge in [-0.05, 0) is 35.4 Å². The van der Waals surface area contributed by atoms with E-state index in [2.05, 4.69) is 0 Å². The summed E-state index contributed by atoms with van der Waals surface area (Å²) in [6.07, 6.45) is -2.12. The lowest BCUT2D eigenvalue weighted by Crippen LogP contribution is -2.49. The number of carbonyl (C=O) groups excluding carboxylic acids is 1. The van der Waals surface area contributed by atoms with Crippen LogP contribution in [0.4, 0.5) is 4.39 Å². The van der Waals surface area contributed by atoms with Crippen molar-refractivity contribution < 1.29 is 23.8 Å². The molecule has 0 unspecified atom stereocenters. The largest absolute Gasteiger partial charge is 0.497 e. The molecule has 1 heterocycles. The number of methoxy groups -OCH3 is 1. The van der Waals surface area contributed by atoms with Crippen LogP contribution in [0.1, 0.15) is 17.2 Å². The van der Waals surface area contributed by atoms with Crippen molar-refractivity contribution >= 4 is 5.91 Å². The van der Waals surface area contributed by atoms with E-state index in [1.54, 1.807) is 12.0 Å². The Morgan fingerprint density at radius 1 is 1.24 bits per heavy atom. The van der Waals surface area contributed by atoms with Crippen molar-refractivity contribution in [3.05, 3.63) is 65.5 Å². The predicted octanol–water partition coefficient (Wildman–Crippen LogP) is 2.30. The van der Waals surface area contributed by atoms with Crippen molar-refractivity contribution in [2.45, 2.75) is 18.8 Å². The fraction of sp³-hybridized carbons (Fsp3) is 0.316. The third-order valence-electron chi connectivity index (χ3n) is 4.24. The van der Waals surface area contributed by atoms with Crippen molar-refractivity contribution in [2.75, 3.05) is 20.3 Å². The molecule has 25 heavy (non-hydrogen) atoms. The Balaban J connectivity index is 1.70. The second-order valence-corrected chi connectivity index (χ2v) is 5.90. The van der Waals surface area contributed by atoms with Crippen LogP contribution in [0.3, 0.4) is 0 Å². The van der Waals surface area contributed by atoms with E-state index in [4.69, 9.17) is 9.47 Å². The maximum atomic E-state index is 13.0. The molecule has 0 bridgehead atoms. The van der Waals surface area contributed by atoms with Gasteiger partial charge >= 0.3 is 0 Å². The molecule has 0 saturated carbocycles. The number of morpholine rings is 1. The number of hydrogen-bond donors (Lipinski definition) is 1. The Morgan fingerprint density at radius 2 is 1.92 bits per heavy atom. The van der Waals surface area contributed by atoms with Crippen LogP contribution in [0.2, 0.25) is 0 Å². The first-order valence-electron chi connectivity index (χ1n) is 8.05. The van der Waals surface area contributed by atoms with E-state index < -0.39 is 18.0 Å². The first-order valence-corrected chi connectivity index (χ1v) is 8.05. The zero-order chi connectivity index (χ0) is 17.8. The molecule has 0 aromatic heterocycles. The molecule has 0 radical (unpaired) electrons. The highest BCUT2D eigenvalue weighted by Crippen LogP contribution is 2.24. The maximum Gasteiger partial charge on any atom is 0.255 e. The van der Waals surface area contributed by atoms with Gasteiger partial charge in [-0.1, -0.05) is 24.3 Å². The SMILES string of the molecule is COc1ccc(CN2CCO[C@H]([C@H](O)c3ccc(F)cc3)C2=O)cc1. The molecule has 2 atom stereocenters. The van der Waals surface area contributed by atoms with Gasteiger partial charge < -0.3 is 19.5 Å². The Morgan fingerprint density at radius 3 is 2.56 bits per heavy atom. The number of nitrogens with zero attached hydrogens (tertiary/aromatic N) is 1. The summed E-state index contributed by atoms with van der Waals surface area (Å²) in [4.78, 5) is 14.3. The molecule has 1 N–H and O–H groups in total. The third-order valence-corrected chi connectivity index (χ3v) is 4.24. The van der Waals surface area contributed by atoms with Gasteiger partial charge in [-0.2, -0.15) is 0 Å². The van der Waals surface area contributed by atoms with Crippen molar-refractivity contribution in [1.29, 1.82) is 0 Å². The van der Waals surface area contributed by atoms with Crippen LogP contribution >= 0.6 is 0 Å². The highest BCUT2D eigenvalue weighted by atomic mass is 19.1. The molecule has 1 amide bonds. The Hall–Kier alpha value is -2.44. The highest BCUT2D eigenvalue weighted by molar-refractivity contribution is 5.82. The Labute approximate surface area is 145 Å². The second kappa shape index (κ2) is 7.63. The van der Waals surface area contributed by atoms with E-state index in [-0.39, 0.29) is 5.91 Å². The molecule has 6 heteroatoms. The summed E-state index contributed by atoms with van der Waals surface area (Å²) in [6.45, 7) is 1.22. The lowest BCUT2D eigenvalue weighted by Gasteiger charge is -2.34. The third kappa shape index (κ3) is 3.97. The second-order valence-electron chi connectivity index (χ2n) is 5.90. The van der Waals surface area contributed by atoms with Crippen LogP contribution in [0.5, 0.6) is 5.75 Å². The summed E-state index contributed by atoms with van der Waals surface area (Å²) < 4.78 is 23.6. The van der Waals surface area contributed by atoms with Gasteiger partial charge in [-0.25, -0.2) is 4.39 Å². The number of ether oxygens (including phenoxy) is 2. The topological polar surface area (TPSA) is 59.0 Å². The molecular formula is C19H20FNO4. The fourth-order valence-corrected chi connectivity index (χ4v) is 2.82. The average molecular weight is 345 g/mol. The van der Waals surface area contributed by atoms with Crippen molar-refractivity contribution in [3.8, 4) is 5.75 Å². The van der Waals surface area contributed by atoms with Gasteiger partial charge in [0.2, 0.25) is 0 Å². The van der Waals surface area contributed by atoms with Crippen molar-refractivity contribution in [2.24, 2.45) is 0 Å². The number of rotatable bonds is 5. The molecule has 0 aliphatic carbocycles. The van der Waals surface area contributed by atoms with E-state index in [1.165, 1.54) is 24.3 Å². The normalized spacial score (nSPS) is 18.9. The highest BCUT2D eigenvalue weighted by Gasteiger charge is 2.35. The van der Waals surface area contributed by atoms with Crippen molar-refractivity contribution in [3.63, 3.8) is 0 Å². The molecule has 132 valence electrons. The molecular weight excluding hydrogens is 325 g/mol. The quantitative estimate of drug-likeness (QED) is 0.903. The molecule has 1 aliphatic rings. The monoisotopic (exact) mass is 345 g/mol. The van der Waals surface area contributed by atoms with Gasteiger partial charge in [-0.15, -0.1) is 0 Å². The Kier molecular flexibility index (Phi) is 5.31. The van der Waals surface area contributed by atoms with Crippen molar-refractivity contribution in [1.82, 2.24) is 4.90 Å². The number of benzene rings is 2. The zero-order valence-electron chi connectivity index (χ0n) is 13.9. The molecule has 2 aromatic carbocycles. The smallest absolute Gasteiger partial charge is 0.255 e. The lowest BCUT2D eigenvalue weighted by molar-refractivity contribution is -0.164. The first-order chi connectivity index (χ1) is 12.1. The lowest BCUT2D eigenvalue weighted by atomic mass is 10.0. The number of aliphatic hydroxyl groups excluding tert-OH is 1. The van der Waals surface area contributed by atoms with Gasteiger partial charge in [0, 0.05) is 13.1 Å². The van der Waals surface area contributed by atoms with Gasteiger partial charge in [0.15, 0.2) is 6.10 Å². The van der Waals surface area contributed by atoms with Crippen LogP contribution in [0.25, 0.3) is 0 Å². The minimum absolute atomic E-state index is 0.279. The first kappa shape index (κ1) is 17.4. The molecule has 3 rings (SSSR count). The number of hydrogen-bond acceptors (Lipinski definition) is 4. The summed E-state index contributed by atoms with van der Waals surface area (Å²) >= 11 is 0. The van der Waals surface area contributed by atoms with E-state index in [9.17, 15) is 14.3 Å². The van der Waals surface area contributed by atoms with Gasteiger partial charge in [0.1, 0.15) is 17.7 Å². The minimum atomic E-state index is -1.13. The maximum absolute atomic E-state index is 13.0. The van der Waals surface area contributed by atoms with Gasteiger partial charge in [-0.3, -0.25) is 4.79 Å². The average Bonchev–Trinajstić information content (AvgIpc) is 2.64. The standard InChI is InChI=1S/C19H20FNO4/c1-24-16-8-2-13(3-9-16)12-21-10-11-25-18(19(21)23)17(22)14-4-6-15(20)7-5-14/h2-9,17-18,22H,10-12H2,1H3/t17-,18-/m1/s1. The van der Waals surface area contributed by atoms with E-state index >= 15 is 0 Å². The zero-order valence-corrected chi connectivity index (χ0v) is 13.9. The fourth-order valence-electron chi connectivity index (χ4n) is 2.82. The number of amides is 1. The predicted molar refractivity (Wildman–Crippen MR) is 89.5 cm³/mol. The van der Waals surface area contributed by atoms with Crippen LogP contribution in [0.15, 0.2) is 48.5 Å². The summed E-state index contributed by atoms with van der Waals surface area (Å²) in [7, 11) is 1.60. The van der Waals surface area contributed by atoms with E-state index in [1.807, 2.05) is 24.3 Å². The summed E-state index contributed by atoms with van der Waals surface area (Å²) in [5.74, 6) is 0.0773. The van der Waals surface area contributed by atoms with Crippen LogP contribution in [-0.4, -0.2) is 42.3 Å². The number of aliphatic hydroxyl groups is 1. The number of halogens is 1. The minimum Gasteiger partial charge on any atom is -0.497 e. The van der Waals surface area contributed by atoms with Crippen LogP contribution in [-0.2, 0) is 16.1 Å². The van der Waals surface area contributed by atoms with Gasteiger partial charge in [0.05, 0.1) is 13.7 Å². The van der Waals surface area contributed by atoms with Crippen LogP contribution < -0.4 is 4.74 Å². The Bertz CT molecular complexity index is 717. The summed E-state index contributed by atoms with van der Waals surface area (Å²) in [5.41, 5.74) is 1.41. The molecule has 1 aliphatic heterocycles. The van der Waals surface area contributed by atoms with E-state index in [0.29, 0.717) is 25.3 Å². The molecule has 1 fully saturated rings. The molecule has 2 aromatic rings. The van der Waals surface area contributed by atoms with E-state index in [0.717, 1.165) is 11.3 Å². The van der Waals surface area contributed by atoms with Crippen LogP contribution in [0, 0.1) is 5.82 Å². The molecule has 0 spiro atoms. The summed E-state index contributed by atoms with van der Waals surface area (Å²) in [5, 5.41) is 10.4.